The van der Waals surface area contributed by atoms with Crippen LogP contribution in [0.1, 0.15) is 63.7 Å². The molecule has 0 saturated heterocycles. The number of aromatic carboxylic acids is 1. The third kappa shape index (κ3) is 1.73. The van der Waals surface area contributed by atoms with Gasteiger partial charge in [0, 0.05) is 12.0 Å². The Morgan fingerprint density at radius 2 is 2.12 bits per heavy atom. The molecule has 0 amide bonds. The number of carbonyl (C=O) groups excluding carboxylic acids is 1. The molecule has 0 radical (unpaired) electrons. The zero-order chi connectivity index (χ0) is 12.0. The van der Waals surface area contributed by atoms with E-state index in [4.69, 9.17) is 5.11 Å². The van der Waals surface area contributed by atoms with Crippen molar-refractivity contribution in [3.05, 3.63) is 28.6 Å². The normalized spacial score (nSPS) is 18.9. The maximum absolute atomic E-state index is 11.9. The number of carboxylic acid groups (broad SMARTS) is 1. The lowest BCUT2D eigenvalue weighted by Crippen LogP contribution is -2.18. The number of pyridine rings is 1. The Morgan fingerprint density at radius 3 is 2.76 bits per heavy atom. The molecule has 88 valence electrons. The summed E-state index contributed by atoms with van der Waals surface area (Å²) in [5, 5.41) is 9.03. The second kappa shape index (κ2) is 3.65. The molecule has 0 aliphatic heterocycles. The van der Waals surface area contributed by atoms with Crippen LogP contribution in [0.3, 0.4) is 0 Å². The Morgan fingerprint density at radius 1 is 1.35 bits per heavy atom. The molecule has 17 heavy (non-hydrogen) atoms. The number of nitrogens with zero attached hydrogens (tertiary/aromatic N) is 1. The molecular formula is C13H13NO3. The third-order valence-electron chi connectivity index (χ3n) is 3.46. The van der Waals surface area contributed by atoms with E-state index in [9.17, 15) is 9.59 Å². The topological polar surface area (TPSA) is 67.3 Å². The van der Waals surface area contributed by atoms with Gasteiger partial charge in [0.1, 0.15) is 5.69 Å². The van der Waals surface area contributed by atoms with Crippen molar-refractivity contribution in [2.75, 3.05) is 0 Å². The number of Topliss-reactive ketones (excluding diaryl/α,β-unsaturated/α-hetero) is 1. The molecule has 4 heteroatoms. The summed E-state index contributed by atoms with van der Waals surface area (Å²) >= 11 is 0. The van der Waals surface area contributed by atoms with E-state index in [1.54, 1.807) is 6.07 Å². The summed E-state index contributed by atoms with van der Waals surface area (Å²) in [5.41, 5.74) is 2.43. The zero-order valence-electron chi connectivity index (χ0n) is 9.40. The first kappa shape index (κ1) is 10.4. The molecule has 2 aliphatic rings. The SMILES string of the molecule is O=C(O)c1cc(C2CC2)c2c(n1)CCCC2=O. The lowest BCUT2D eigenvalue weighted by Gasteiger charge is -2.18. The fourth-order valence-electron chi connectivity index (χ4n) is 2.49. The largest absolute Gasteiger partial charge is 0.477 e. The summed E-state index contributed by atoms with van der Waals surface area (Å²) in [6.07, 6.45) is 4.19. The maximum atomic E-state index is 11.9. The average Bonchev–Trinajstić information content (AvgIpc) is 3.11. The predicted molar refractivity (Wildman–Crippen MR) is 60.4 cm³/mol. The highest BCUT2D eigenvalue weighted by molar-refractivity contribution is 6.00. The Hall–Kier alpha value is -1.71. The van der Waals surface area contributed by atoms with Crippen LogP contribution < -0.4 is 0 Å². The first-order chi connectivity index (χ1) is 8.16. The number of fused-ring (bicyclic) bond motifs is 1. The molecule has 1 fully saturated rings. The predicted octanol–water partition coefficient (Wildman–Crippen LogP) is 2.18. The first-order valence-corrected chi connectivity index (χ1v) is 5.97. The van der Waals surface area contributed by atoms with Crippen LogP contribution in [0, 0.1) is 0 Å². The summed E-state index contributed by atoms with van der Waals surface area (Å²) in [6.45, 7) is 0. The number of hydrogen-bond donors (Lipinski definition) is 1. The van der Waals surface area contributed by atoms with Crippen LogP contribution in [0.5, 0.6) is 0 Å². The van der Waals surface area contributed by atoms with Crippen molar-refractivity contribution in [3.8, 4) is 0 Å². The standard InChI is InChI=1S/C13H13NO3/c15-11-3-1-2-9-12(11)8(7-4-5-7)6-10(14-9)13(16)17/h6-7H,1-5H2,(H,16,17). The van der Waals surface area contributed by atoms with Crippen LogP contribution in [0.2, 0.25) is 0 Å². The van der Waals surface area contributed by atoms with E-state index in [2.05, 4.69) is 4.98 Å². The minimum absolute atomic E-state index is 0.0837. The van der Waals surface area contributed by atoms with Gasteiger partial charge in [-0.1, -0.05) is 0 Å². The highest BCUT2D eigenvalue weighted by Gasteiger charge is 2.32. The van der Waals surface area contributed by atoms with E-state index >= 15 is 0 Å². The van der Waals surface area contributed by atoms with Gasteiger partial charge in [0.15, 0.2) is 5.78 Å². The molecule has 1 heterocycles. The first-order valence-electron chi connectivity index (χ1n) is 5.97. The fraction of sp³-hybridized carbons (Fsp3) is 0.462. The number of carboxylic acids is 1. The maximum Gasteiger partial charge on any atom is 0.354 e. The minimum atomic E-state index is -1.01. The van der Waals surface area contributed by atoms with Crippen molar-refractivity contribution >= 4 is 11.8 Å². The minimum Gasteiger partial charge on any atom is -0.477 e. The molecule has 2 aliphatic carbocycles. The second-order valence-electron chi connectivity index (χ2n) is 4.77. The van der Waals surface area contributed by atoms with Gasteiger partial charge in [-0.2, -0.15) is 0 Å². The van der Waals surface area contributed by atoms with Gasteiger partial charge in [-0.05, 0) is 43.2 Å². The van der Waals surface area contributed by atoms with E-state index in [1.807, 2.05) is 0 Å². The monoisotopic (exact) mass is 231 g/mol. The number of ketones is 1. The van der Waals surface area contributed by atoms with E-state index in [0.717, 1.165) is 36.8 Å². The van der Waals surface area contributed by atoms with E-state index in [1.165, 1.54) is 0 Å². The molecule has 0 bridgehead atoms. The van der Waals surface area contributed by atoms with Crippen molar-refractivity contribution < 1.29 is 14.7 Å². The van der Waals surface area contributed by atoms with Crippen molar-refractivity contribution in [3.63, 3.8) is 0 Å². The molecule has 1 saturated carbocycles. The smallest absolute Gasteiger partial charge is 0.354 e. The molecule has 0 atom stereocenters. The quantitative estimate of drug-likeness (QED) is 0.847. The summed E-state index contributed by atoms with van der Waals surface area (Å²) in [5.74, 6) is -0.489. The lowest BCUT2D eigenvalue weighted by atomic mass is 9.89. The zero-order valence-corrected chi connectivity index (χ0v) is 9.40. The van der Waals surface area contributed by atoms with Crippen LogP contribution in [-0.4, -0.2) is 21.8 Å². The van der Waals surface area contributed by atoms with Gasteiger partial charge in [-0.25, -0.2) is 9.78 Å². The van der Waals surface area contributed by atoms with Gasteiger partial charge in [0.25, 0.3) is 0 Å². The Bertz CT molecular complexity index is 518. The number of carbonyl (C=O) groups is 2. The average molecular weight is 231 g/mol. The molecular weight excluding hydrogens is 218 g/mol. The number of aromatic nitrogens is 1. The highest BCUT2D eigenvalue weighted by Crippen LogP contribution is 2.43. The number of rotatable bonds is 2. The van der Waals surface area contributed by atoms with Crippen LogP contribution in [0.4, 0.5) is 0 Å². The summed E-state index contributed by atoms with van der Waals surface area (Å²) in [7, 11) is 0. The van der Waals surface area contributed by atoms with Crippen molar-refractivity contribution in [2.24, 2.45) is 0 Å². The second-order valence-corrected chi connectivity index (χ2v) is 4.77. The molecule has 1 aromatic rings. The van der Waals surface area contributed by atoms with Crippen LogP contribution in [-0.2, 0) is 6.42 Å². The molecule has 0 spiro atoms. The van der Waals surface area contributed by atoms with Crippen LogP contribution in [0.15, 0.2) is 6.07 Å². The molecule has 1 N–H and O–H groups in total. The van der Waals surface area contributed by atoms with Crippen molar-refractivity contribution in [1.82, 2.24) is 4.98 Å². The van der Waals surface area contributed by atoms with Crippen molar-refractivity contribution in [2.45, 2.75) is 38.0 Å². The Labute approximate surface area is 98.7 Å². The van der Waals surface area contributed by atoms with Gasteiger partial charge < -0.3 is 5.11 Å². The van der Waals surface area contributed by atoms with Gasteiger partial charge in [-0.3, -0.25) is 4.79 Å². The van der Waals surface area contributed by atoms with Crippen molar-refractivity contribution in [1.29, 1.82) is 0 Å². The Balaban J connectivity index is 2.19. The van der Waals surface area contributed by atoms with Gasteiger partial charge in [0.05, 0.1) is 5.69 Å². The number of hydrogen-bond acceptors (Lipinski definition) is 3. The fourth-order valence-corrected chi connectivity index (χ4v) is 2.49. The summed E-state index contributed by atoms with van der Waals surface area (Å²) < 4.78 is 0. The van der Waals surface area contributed by atoms with E-state index in [-0.39, 0.29) is 11.5 Å². The van der Waals surface area contributed by atoms with Gasteiger partial charge >= 0.3 is 5.97 Å². The van der Waals surface area contributed by atoms with Gasteiger partial charge in [0.2, 0.25) is 0 Å². The lowest BCUT2D eigenvalue weighted by molar-refractivity contribution is 0.0689. The van der Waals surface area contributed by atoms with Crippen LogP contribution >= 0.6 is 0 Å². The summed E-state index contributed by atoms with van der Waals surface area (Å²) in [4.78, 5) is 27.1. The van der Waals surface area contributed by atoms with Gasteiger partial charge in [-0.15, -0.1) is 0 Å². The Kier molecular flexibility index (Phi) is 2.24. The molecule has 4 nitrogen and oxygen atoms in total. The van der Waals surface area contributed by atoms with E-state index in [0.29, 0.717) is 18.0 Å². The highest BCUT2D eigenvalue weighted by atomic mass is 16.4. The molecule has 1 aromatic heterocycles. The number of aryl methyl sites for hydroxylation is 1. The summed E-state index contributed by atoms with van der Waals surface area (Å²) in [6, 6.07) is 1.60. The molecule has 0 unspecified atom stereocenters. The molecule has 3 rings (SSSR count). The third-order valence-corrected chi connectivity index (χ3v) is 3.46. The van der Waals surface area contributed by atoms with E-state index < -0.39 is 5.97 Å². The van der Waals surface area contributed by atoms with Crippen LogP contribution in [0.25, 0.3) is 0 Å². The molecule has 0 aromatic carbocycles.